The number of aromatic nitrogens is 2. The standard InChI is InChI=1S/C20H17N3O5.ClHO4/c1-27-17-6-3-12(10-18(17)28-2)9-13-7-8-22-19(13)21-16-5-4-14(23(25)26)11-15(16)20(22)24;2-1(3,4)5/h3-6,9-11H,7-8H2,1-2H3;(H,2,3,4,5)/b13-9+;. The molecule has 33 heavy (non-hydrogen) atoms. The van der Waals surface area contributed by atoms with Crippen molar-refractivity contribution in [1.29, 1.82) is 0 Å². The molecule has 0 saturated heterocycles. The maximum absolute atomic E-state index is 12.8. The first-order valence-electron chi connectivity index (χ1n) is 9.27. The Kier molecular flexibility index (Phi) is 6.95. The highest BCUT2D eigenvalue weighted by Crippen LogP contribution is 2.32. The highest BCUT2D eigenvalue weighted by atomic mass is 35.7. The molecule has 12 nitrogen and oxygen atoms in total. The van der Waals surface area contributed by atoms with Crippen LogP contribution in [0.1, 0.15) is 17.8 Å². The number of fused-ring (bicyclic) bond motifs is 2. The van der Waals surface area contributed by atoms with E-state index >= 15 is 0 Å². The average molecular weight is 480 g/mol. The van der Waals surface area contributed by atoms with Crippen LogP contribution in [0, 0.1) is 20.4 Å². The molecule has 4 rings (SSSR count). The quantitative estimate of drug-likeness (QED) is 0.364. The fraction of sp³-hybridized carbons (Fsp3) is 0.200. The Bertz CT molecular complexity index is 1290. The van der Waals surface area contributed by atoms with Gasteiger partial charge in [-0.3, -0.25) is 19.5 Å². The molecule has 0 amide bonds. The minimum atomic E-state index is -4.69. The summed E-state index contributed by atoms with van der Waals surface area (Å²) in [6.45, 7) is 0.485. The van der Waals surface area contributed by atoms with Crippen molar-refractivity contribution in [2.75, 3.05) is 14.2 Å². The van der Waals surface area contributed by atoms with Crippen LogP contribution < -0.4 is 29.0 Å². The van der Waals surface area contributed by atoms with E-state index in [9.17, 15) is 14.9 Å². The van der Waals surface area contributed by atoms with Gasteiger partial charge in [-0.2, -0.15) is 14.0 Å². The second-order valence-corrected chi connectivity index (χ2v) is 7.57. The summed E-state index contributed by atoms with van der Waals surface area (Å²) in [4.78, 5) is 27.9. The van der Waals surface area contributed by atoms with Crippen molar-refractivity contribution in [2.45, 2.75) is 13.0 Å². The second kappa shape index (κ2) is 9.52. The predicted octanol–water partition coefficient (Wildman–Crippen LogP) is -0.858. The van der Waals surface area contributed by atoms with Crippen molar-refractivity contribution in [1.82, 2.24) is 9.55 Å². The fourth-order valence-electron chi connectivity index (χ4n) is 3.40. The number of ether oxygens (including phenoxy) is 2. The summed E-state index contributed by atoms with van der Waals surface area (Å²) in [6.07, 6.45) is 2.61. The Hall–Kier alpha value is -3.55. The van der Waals surface area contributed by atoms with Gasteiger partial charge in [-0.1, -0.05) is 6.07 Å². The molecule has 0 bridgehead atoms. The van der Waals surface area contributed by atoms with Crippen LogP contribution in [0.15, 0.2) is 41.2 Å². The maximum Gasteiger partial charge on any atom is 0.270 e. The van der Waals surface area contributed by atoms with Gasteiger partial charge in [-0.15, -0.1) is 0 Å². The minimum absolute atomic E-state index is 0.119. The number of rotatable bonds is 4. The first-order valence-corrected chi connectivity index (χ1v) is 10.5. The van der Waals surface area contributed by atoms with Crippen molar-refractivity contribution in [2.24, 2.45) is 0 Å². The lowest BCUT2D eigenvalue weighted by Gasteiger charge is -2.08. The molecule has 0 unspecified atom stereocenters. The largest absolute Gasteiger partial charge is 0.493 e. The van der Waals surface area contributed by atoms with E-state index in [2.05, 4.69) is 4.98 Å². The summed E-state index contributed by atoms with van der Waals surface area (Å²) < 4.78 is 44.9. The third kappa shape index (κ3) is 5.63. The van der Waals surface area contributed by atoms with Crippen LogP contribution in [-0.4, -0.2) is 33.4 Å². The van der Waals surface area contributed by atoms with Gasteiger partial charge in [-0.05, 0) is 41.8 Å². The van der Waals surface area contributed by atoms with Crippen LogP contribution in [0.5, 0.6) is 11.5 Å². The van der Waals surface area contributed by atoms with E-state index < -0.39 is 15.2 Å². The molecule has 0 aliphatic carbocycles. The summed E-state index contributed by atoms with van der Waals surface area (Å²) >= 11 is 0. The Labute approximate surface area is 188 Å². The Balaban J connectivity index is 0.000000555. The van der Waals surface area contributed by atoms with Crippen LogP contribution in [0.4, 0.5) is 5.69 Å². The van der Waals surface area contributed by atoms with Crippen molar-refractivity contribution in [3.63, 3.8) is 0 Å². The molecule has 1 aliphatic heterocycles. The zero-order chi connectivity index (χ0) is 24.3. The van der Waals surface area contributed by atoms with Crippen LogP contribution in [0.3, 0.4) is 0 Å². The van der Waals surface area contributed by atoms with Crippen LogP contribution in [0.2, 0.25) is 0 Å². The van der Waals surface area contributed by atoms with Gasteiger partial charge >= 0.3 is 0 Å². The molecular weight excluding hydrogens is 462 g/mol. The highest BCUT2D eigenvalue weighted by molar-refractivity contribution is 5.86. The van der Waals surface area contributed by atoms with Gasteiger partial charge in [0, 0.05) is 18.7 Å². The van der Waals surface area contributed by atoms with E-state index in [0.717, 1.165) is 11.1 Å². The van der Waals surface area contributed by atoms with Gasteiger partial charge in [0.2, 0.25) is 0 Å². The third-order valence-corrected chi connectivity index (χ3v) is 4.79. The Morgan fingerprint density at radius 1 is 1.12 bits per heavy atom. The van der Waals surface area contributed by atoms with E-state index in [1.807, 2.05) is 24.3 Å². The number of methoxy groups -OCH3 is 2. The van der Waals surface area contributed by atoms with E-state index in [4.69, 9.17) is 28.1 Å². The molecule has 3 aromatic rings. The molecule has 1 N–H and O–H groups in total. The average Bonchev–Trinajstić information content (AvgIpc) is 3.15. The highest BCUT2D eigenvalue weighted by Gasteiger charge is 2.22. The third-order valence-electron chi connectivity index (χ3n) is 4.79. The number of nitrogens with zero attached hydrogens (tertiary/aromatic N) is 3. The molecule has 0 fully saturated rings. The summed E-state index contributed by atoms with van der Waals surface area (Å²) in [5.74, 6) is 1.84. The van der Waals surface area contributed by atoms with Gasteiger partial charge < -0.3 is 9.47 Å². The van der Waals surface area contributed by atoms with Crippen molar-refractivity contribution in [3.05, 3.63) is 68.3 Å². The maximum atomic E-state index is 12.8. The van der Waals surface area contributed by atoms with Crippen LogP contribution >= 0.6 is 0 Å². The zero-order valence-corrected chi connectivity index (χ0v) is 18.1. The summed E-state index contributed by atoms with van der Waals surface area (Å²) in [6, 6.07) is 9.74. The molecule has 13 heteroatoms. The fourth-order valence-corrected chi connectivity index (χ4v) is 3.40. The Morgan fingerprint density at radius 2 is 1.79 bits per heavy atom. The van der Waals surface area contributed by atoms with Gasteiger partial charge in [0.25, 0.3) is 11.2 Å². The topological polar surface area (TPSA) is 186 Å². The molecule has 0 spiro atoms. The smallest absolute Gasteiger partial charge is 0.270 e. The van der Waals surface area contributed by atoms with E-state index in [0.29, 0.717) is 35.8 Å². The number of nitro groups is 1. The number of nitro benzene ring substituents is 1. The van der Waals surface area contributed by atoms with Crippen molar-refractivity contribution < 1.29 is 43.3 Å². The van der Waals surface area contributed by atoms with Gasteiger partial charge in [0.15, 0.2) is 11.5 Å². The second-order valence-electron chi connectivity index (χ2n) is 6.78. The van der Waals surface area contributed by atoms with Crippen molar-refractivity contribution >= 4 is 28.2 Å². The molecule has 174 valence electrons. The number of non-ortho nitro benzene ring substituents is 1. The molecule has 0 saturated carbocycles. The lowest BCUT2D eigenvalue weighted by Crippen LogP contribution is -2.58. The van der Waals surface area contributed by atoms with Gasteiger partial charge in [-0.25, -0.2) is 4.98 Å². The molecule has 2 aromatic carbocycles. The molecule has 2 heterocycles. The lowest BCUT2D eigenvalue weighted by atomic mass is 10.1. The number of halogens is 1. The zero-order valence-electron chi connectivity index (χ0n) is 17.4. The predicted molar refractivity (Wildman–Crippen MR) is 107 cm³/mol. The molecular formula is C20H18ClN3O9. The number of benzene rings is 2. The molecule has 0 atom stereocenters. The minimum Gasteiger partial charge on any atom is -0.493 e. The first kappa shape index (κ1) is 24.1. The summed E-state index contributed by atoms with van der Waals surface area (Å²) in [5.41, 5.74) is 1.89. The molecule has 0 radical (unpaired) electrons. The SMILES string of the molecule is COc1ccc(/C=C2\CCn3c2nc2ccc([N+](=O)[O-])cc2c3=O)cc1OC.[O-][Cl+3]([O-])([O-])O. The number of hydrogen-bond acceptors (Lipinski definition) is 10. The first-order chi connectivity index (χ1) is 15.5. The lowest BCUT2D eigenvalue weighted by molar-refractivity contribution is -1.92. The van der Waals surface area contributed by atoms with Crippen LogP contribution in [-0.2, 0) is 6.54 Å². The molecule has 1 aromatic heterocycles. The summed E-state index contributed by atoms with van der Waals surface area (Å²) in [7, 11) is -1.54. The Morgan fingerprint density at radius 3 is 2.39 bits per heavy atom. The van der Waals surface area contributed by atoms with Gasteiger partial charge in [0.1, 0.15) is 5.82 Å². The number of allylic oxidation sites excluding steroid dienone is 1. The number of hydrogen-bond donors (Lipinski definition) is 1. The van der Waals surface area contributed by atoms with E-state index in [1.165, 1.54) is 18.2 Å². The summed E-state index contributed by atoms with van der Waals surface area (Å²) in [5, 5.41) is 11.2. The van der Waals surface area contributed by atoms with Crippen molar-refractivity contribution in [3.8, 4) is 11.5 Å². The monoisotopic (exact) mass is 479 g/mol. The van der Waals surface area contributed by atoms with Gasteiger partial charge in [0.05, 0.1) is 44.9 Å². The molecule has 1 aliphatic rings. The van der Waals surface area contributed by atoms with E-state index in [-0.39, 0.29) is 16.6 Å². The van der Waals surface area contributed by atoms with Crippen LogP contribution in [0.25, 0.3) is 22.6 Å². The normalized spacial score (nSPS) is 13.9. The van der Waals surface area contributed by atoms with E-state index in [1.54, 1.807) is 18.8 Å².